The molecule has 118 valence electrons. The van der Waals surface area contributed by atoms with Crippen LogP contribution in [-0.4, -0.2) is 36.3 Å². The highest BCUT2D eigenvalue weighted by molar-refractivity contribution is 9.10. The van der Waals surface area contributed by atoms with E-state index in [1.807, 2.05) is 0 Å². The molecule has 1 aromatic heterocycles. The molecule has 1 aromatic carbocycles. The maximum Gasteiger partial charge on any atom is 0.352 e. The molecule has 9 heteroatoms. The standard InChI is InChI=1S/C14H10BrN3O4S/c15-9-3-1-4-10(7-9)17-23(21,22)8-11-13(19)12-5-2-6-18(12)14(20)16-11/h1-7,17H,8H2. The molecule has 0 aliphatic carbocycles. The molecule has 2 aromatic rings. The first kappa shape index (κ1) is 15.6. The third-order valence-electron chi connectivity index (χ3n) is 3.10. The predicted molar refractivity (Wildman–Crippen MR) is 88.5 cm³/mol. The minimum atomic E-state index is -3.88. The van der Waals surface area contributed by atoms with Gasteiger partial charge < -0.3 is 0 Å². The van der Waals surface area contributed by atoms with Crippen molar-refractivity contribution in [2.75, 3.05) is 10.5 Å². The summed E-state index contributed by atoms with van der Waals surface area (Å²) in [6.07, 6.45) is 1.41. The summed E-state index contributed by atoms with van der Waals surface area (Å²) in [5, 5.41) is 0. The van der Waals surface area contributed by atoms with Gasteiger partial charge in [-0.15, -0.1) is 0 Å². The summed E-state index contributed by atoms with van der Waals surface area (Å²) in [6.45, 7) is 0. The van der Waals surface area contributed by atoms with Gasteiger partial charge in [-0.3, -0.25) is 14.1 Å². The SMILES string of the molecule is O=C1C(CS(=O)(=O)Nc2cccc(Br)c2)=NC(=O)n2cccc21. The molecule has 7 nitrogen and oxygen atoms in total. The van der Waals surface area contributed by atoms with E-state index in [1.54, 1.807) is 24.3 Å². The van der Waals surface area contributed by atoms with Gasteiger partial charge in [0.05, 0.1) is 5.69 Å². The Morgan fingerprint density at radius 3 is 2.70 bits per heavy atom. The third-order valence-corrected chi connectivity index (χ3v) is 4.80. The fourth-order valence-electron chi connectivity index (χ4n) is 2.15. The number of fused-ring (bicyclic) bond motifs is 1. The van der Waals surface area contributed by atoms with Crippen LogP contribution in [0, 0.1) is 0 Å². The summed E-state index contributed by atoms with van der Waals surface area (Å²) in [5.41, 5.74) is 0.152. The molecule has 1 aliphatic heterocycles. The van der Waals surface area contributed by atoms with Crippen molar-refractivity contribution in [1.82, 2.24) is 4.57 Å². The number of hydrogen-bond donors (Lipinski definition) is 1. The van der Waals surface area contributed by atoms with Crippen LogP contribution < -0.4 is 4.72 Å². The molecule has 0 atom stereocenters. The summed E-state index contributed by atoms with van der Waals surface area (Å²) in [7, 11) is -3.88. The lowest BCUT2D eigenvalue weighted by Crippen LogP contribution is -2.34. The lowest BCUT2D eigenvalue weighted by molar-refractivity contribution is 0.105. The molecule has 1 N–H and O–H groups in total. The Morgan fingerprint density at radius 2 is 1.96 bits per heavy atom. The fourth-order valence-corrected chi connectivity index (χ4v) is 3.66. The molecular weight excluding hydrogens is 386 g/mol. The quantitative estimate of drug-likeness (QED) is 0.858. The van der Waals surface area contributed by atoms with Crippen LogP contribution in [0.3, 0.4) is 0 Å². The Kier molecular flexibility index (Phi) is 3.90. The third kappa shape index (κ3) is 3.25. The van der Waals surface area contributed by atoms with Crippen molar-refractivity contribution in [2.45, 2.75) is 0 Å². The van der Waals surface area contributed by atoms with Gasteiger partial charge in [0, 0.05) is 16.4 Å². The van der Waals surface area contributed by atoms with E-state index >= 15 is 0 Å². The number of ketones is 1. The molecule has 3 rings (SSSR count). The Hall–Kier alpha value is -2.26. The van der Waals surface area contributed by atoms with Gasteiger partial charge in [0.1, 0.15) is 11.5 Å². The molecule has 0 bridgehead atoms. The zero-order chi connectivity index (χ0) is 16.6. The summed E-state index contributed by atoms with van der Waals surface area (Å²) in [6, 6.07) is 8.86. The van der Waals surface area contributed by atoms with Gasteiger partial charge in [0.2, 0.25) is 15.8 Å². The summed E-state index contributed by atoms with van der Waals surface area (Å²) in [4.78, 5) is 27.6. The minimum absolute atomic E-state index is 0.109. The Labute approximate surface area is 140 Å². The van der Waals surface area contributed by atoms with Gasteiger partial charge in [0.25, 0.3) is 0 Å². The van der Waals surface area contributed by atoms with E-state index in [4.69, 9.17) is 0 Å². The molecule has 1 aliphatic rings. The number of benzene rings is 1. The molecule has 0 saturated carbocycles. The van der Waals surface area contributed by atoms with Crippen molar-refractivity contribution in [3.63, 3.8) is 0 Å². The van der Waals surface area contributed by atoms with Crippen molar-refractivity contribution in [2.24, 2.45) is 4.99 Å². The Balaban J connectivity index is 1.84. The molecule has 0 fully saturated rings. The van der Waals surface area contributed by atoms with Gasteiger partial charge in [-0.2, -0.15) is 4.99 Å². The van der Waals surface area contributed by atoms with Crippen LogP contribution in [0.5, 0.6) is 0 Å². The average molecular weight is 396 g/mol. The van der Waals surface area contributed by atoms with Crippen molar-refractivity contribution < 1.29 is 18.0 Å². The number of carbonyl (C=O) groups excluding carboxylic acids is 2. The van der Waals surface area contributed by atoms with E-state index in [-0.39, 0.29) is 11.4 Å². The van der Waals surface area contributed by atoms with Crippen LogP contribution in [-0.2, 0) is 10.0 Å². The minimum Gasteiger partial charge on any atom is -0.285 e. The van der Waals surface area contributed by atoms with E-state index in [1.165, 1.54) is 18.3 Å². The number of nitrogens with one attached hydrogen (secondary N) is 1. The van der Waals surface area contributed by atoms with E-state index in [0.29, 0.717) is 10.2 Å². The lowest BCUT2D eigenvalue weighted by Gasteiger charge is -2.14. The second-order valence-corrected chi connectivity index (χ2v) is 7.44. The van der Waals surface area contributed by atoms with Gasteiger partial charge >= 0.3 is 6.03 Å². The second kappa shape index (κ2) is 5.74. The van der Waals surface area contributed by atoms with Crippen LogP contribution in [0.2, 0.25) is 0 Å². The smallest absolute Gasteiger partial charge is 0.285 e. The molecular formula is C14H10BrN3O4S. The van der Waals surface area contributed by atoms with Gasteiger partial charge in [-0.1, -0.05) is 22.0 Å². The average Bonchev–Trinajstić information content (AvgIpc) is 2.93. The zero-order valence-corrected chi connectivity index (χ0v) is 14.0. The van der Waals surface area contributed by atoms with Crippen molar-refractivity contribution in [3.05, 3.63) is 52.8 Å². The molecule has 0 saturated heterocycles. The van der Waals surface area contributed by atoms with E-state index in [0.717, 1.165) is 4.57 Å². The number of anilines is 1. The number of aliphatic imine (C=N–C) groups is 1. The number of halogens is 1. The van der Waals surface area contributed by atoms with E-state index < -0.39 is 27.6 Å². The van der Waals surface area contributed by atoms with Gasteiger partial charge in [0.15, 0.2) is 0 Å². The number of hydrogen-bond acceptors (Lipinski definition) is 4. The van der Waals surface area contributed by atoms with Crippen molar-refractivity contribution in [1.29, 1.82) is 0 Å². The van der Waals surface area contributed by atoms with Crippen LogP contribution in [0.4, 0.5) is 10.5 Å². The summed E-state index contributed by atoms with van der Waals surface area (Å²) < 4.78 is 28.5. The predicted octanol–water partition coefficient (Wildman–Crippen LogP) is 2.30. The molecule has 23 heavy (non-hydrogen) atoms. The van der Waals surface area contributed by atoms with E-state index in [2.05, 4.69) is 25.6 Å². The van der Waals surface area contributed by atoms with Crippen LogP contribution in [0.25, 0.3) is 0 Å². The highest BCUT2D eigenvalue weighted by Crippen LogP contribution is 2.18. The van der Waals surface area contributed by atoms with Crippen molar-refractivity contribution in [3.8, 4) is 0 Å². The molecule has 1 amide bonds. The number of rotatable bonds is 4. The monoisotopic (exact) mass is 395 g/mol. The number of carbonyl (C=O) groups is 2. The first-order valence-electron chi connectivity index (χ1n) is 6.46. The number of nitrogens with zero attached hydrogens (tertiary/aromatic N) is 2. The zero-order valence-electron chi connectivity index (χ0n) is 11.6. The lowest BCUT2D eigenvalue weighted by atomic mass is 10.2. The molecule has 2 heterocycles. The second-order valence-electron chi connectivity index (χ2n) is 4.81. The number of sulfonamides is 1. The normalized spacial score (nSPS) is 14.4. The highest BCUT2D eigenvalue weighted by atomic mass is 79.9. The fraction of sp³-hybridized carbons (Fsp3) is 0.0714. The van der Waals surface area contributed by atoms with Gasteiger partial charge in [-0.05, 0) is 30.3 Å². The van der Waals surface area contributed by atoms with E-state index in [9.17, 15) is 18.0 Å². The largest absolute Gasteiger partial charge is 0.352 e. The van der Waals surface area contributed by atoms with Crippen LogP contribution in [0.1, 0.15) is 10.5 Å². The Morgan fingerprint density at radius 1 is 1.17 bits per heavy atom. The molecule has 0 unspecified atom stereocenters. The highest BCUT2D eigenvalue weighted by Gasteiger charge is 2.29. The Bertz CT molecular complexity index is 946. The maximum absolute atomic E-state index is 12.2. The summed E-state index contributed by atoms with van der Waals surface area (Å²) in [5.74, 6) is -1.25. The first-order valence-corrected chi connectivity index (χ1v) is 8.90. The molecule has 0 radical (unpaired) electrons. The van der Waals surface area contributed by atoms with Gasteiger partial charge in [-0.25, -0.2) is 13.2 Å². The topological polar surface area (TPSA) is 97.6 Å². The number of amides is 1. The first-order chi connectivity index (χ1) is 10.9. The molecule has 0 spiro atoms. The number of Topliss-reactive ketones (excluding diaryl/α,β-unsaturated/α-hetero) is 1. The van der Waals surface area contributed by atoms with Crippen LogP contribution in [0.15, 0.2) is 52.1 Å². The maximum atomic E-state index is 12.2. The number of aromatic nitrogens is 1. The van der Waals surface area contributed by atoms with Crippen molar-refractivity contribution >= 4 is 49.2 Å². The van der Waals surface area contributed by atoms with Crippen LogP contribution >= 0.6 is 15.9 Å². The summed E-state index contributed by atoms with van der Waals surface area (Å²) >= 11 is 3.24.